The Kier molecular flexibility index (Phi) is 7.33. The number of aromatic carboxylic acids is 1. The molecule has 0 saturated carbocycles. The lowest BCUT2D eigenvalue weighted by Crippen LogP contribution is -2.02. The van der Waals surface area contributed by atoms with Crippen molar-refractivity contribution in [1.82, 2.24) is 0 Å². The molecule has 0 heterocycles. The van der Waals surface area contributed by atoms with Gasteiger partial charge in [0.1, 0.15) is 12.4 Å². The van der Waals surface area contributed by atoms with E-state index in [1.54, 1.807) is 30.3 Å². The van der Waals surface area contributed by atoms with Crippen LogP contribution in [0.2, 0.25) is 10.0 Å². The number of hydrogen-bond donors (Lipinski definition) is 2. The molecule has 0 aliphatic carbocycles. The van der Waals surface area contributed by atoms with Gasteiger partial charge in [-0.15, -0.1) is 0 Å². The van der Waals surface area contributed by atoms with Crippen LogP contribution in [-0.4, -0.2) is 24.4 Å². The number of ether oxygens (including phenoxy) is 2. The van der Waals surface area contributed by atoms with Crippen LogP contribution >= 0.6 is 23.2 Å². The van der Waals surface area contributed by atoms with Gasteiger partial charge in [-0.3, -0.25) is 5.43 Å². The van der Waals surface area contributed by atoms with Crippen LogP contribution in [0, 0.1) is 5.82 Å². The average molecular weight is 463 g/mol. The smallest absolute Gasteiger partial charge is 0.337 e. The first-order valence-electron chi connectivity index (χ1n) is 8.94. The van der Waals surface area contributed by atoms with Crippen molar-refractivity contribution in [3.63, 3.8) is 0 Å². The van der Waals surface area contributed by atoms with E-state index >= 15 is 0 Å². The summed E-state index contributed by atoms with van der Waals surface area (Å²) in [5.41, 5.74) is 4.07. The average Bonchev–Trinajstić information content (AvgIpc) is 2.74. The van der Waals surface area contributed by atoms with Gasteiger partial charge in [0.25, 0.3) is 0 Å². The molecule has 6 nitrogen and oxygen atoms in total. The van der Waals surface area contributed by atoms with Crippen molar-refractivity contribution < 1.29 is 23.8 Å². The maximum atomic E-state index is 14.0. The molecule has 0 atom stereocenters. The van der Waals surface area contributed by atoms with E-state index in [0.29, 0.717) is 22.7 Å². The Morgan fingerprint density at radius 3 is 2.65 bits per heavy atom. The molecule has 0 aromatic heterocycles. The summed E-state index contributed by atoms with van der Waals surface area (Å²) in [7, 11) is 1.49. The van der Waals surface area contributed by atoms with Crippen LogP contribution in [0.1, 0.15) is 21.5 Å². The lowest BCUT2D eigenvalue weighted by Gasteiger charge is -2.12. The Hall–Kier alpha value is -3.29. The van der Waals surface area contributed by atoms with E-state index in [-0.39, 0.29) is 27.8 Å². The largest absolute Gasteiger partial charge is 0.493 e. The molecule has 0 amide bonds. The number of anilines is 1. The third-order valence-electron chi connectivity index (χ3n) is 4.23. The number of carboxylic acid groups (broad SMARTS) is 1. The van der Waals surface area contributed by atoms with Crippen molar-refractivity contribution in [2.75, 3.05) is 12.5 Å². The van der Waals surface area contributed by atoms with Crippen LogP contribution in [0.25, 0.3) is 0 Å². The number of rotatable bonds is 8. The fraction of sp³-hybridized carbons (Fsp3) is 0.0909. The number of benzene rings is 3. The number of methoxy groups -OCH3 is 1. The van der Waals surface area contributed by atoms with Crippen LogP contribution in [0.5, 0.6) is 11.5 Å². The molecule has 0 saturated heterocycles. The zero-order valence-corrected chi connectivity index (χ0v) is 17.7. The SMILES string of the molecule is COc1ccc(/C=N/Nc2ccc(Cl)c(C(=O)O)c2)cc1OCc1c(F)cccc1Cl. The second-order valence-electron chi connectivity index (χ2n) is 6.27. The first-order chi connectivity index (χ1) is 14.9. The number of nitrogens with zero attached hydrogens (tertiary/aromatic N) is 1. The molecule has 0 aliphatic heterocycles. The number of hydrogen-bond acceptors (Lipinski definition) is 5. The van der Waals surface area contributed by atoms with Gasteiger partial charge in [-0.1, -0.05) is 29.3 Å². The minimum Gasteiger partial charge on any atom is -0.493 e. The predicted octanol–water partition coefficient (Wildman–Crippen LogP) is 5.86. The first kappa shape index (κ1) is 22.4. The van der Waals surface area contributed by atoms with E-state index in [2.05, 4.69) is 10.5 Å². The Balaban J connectivity index is 1.74. The number of hydrazone groups is 1. The van der Waals surface area contributed by atoms with E-state index in [0.717, 1.165) is 0 Å². The van der Waals surface area contributed by atoms with Gasteiger partial charge in [-0.25, -0.2) is 9.18 Å². The monoisotopic (exact) mass is 462 g/mol. The van der Waals surface area contributed by atoms with E-state index in [1.807, 2.05) is 0 Å². The maximum absolute atomic E-state index is 14.0. The fourth-order valence-corrected chi connectivity index (χ4v) is 3.06. The normalized spacial score (nSPS) is 10.8. The van der Waals surface area contributed by atoms with Crippen LogP contribution < -0.4 is 14.9 Å². The number of carboxylic acids is 1. The van der Waals surface area contributed by atoms with Crippen LogP contribution in [-0.2, 0) is 6.61 Å². The van der Waals surface area contributed by atoms with Gasteiger partial charge in [-0.05, 0) is 54.1 Å². The van der Waals surface area contributed by atoms with E-state index in [1.165, 1.54) is 37.6 Å². The molecule has 3 rings (SSSR count). The molecule has 0 unspecified atom stereocenters. The molecule has 2 N–H and O–H groups in total. The molecule has 0 fully saturated rings. The predicted molar refractivity (Wildman–Crippen MR) is 118 cm³/mol. The Labute approximate surface area is 187 Å². The third kappa shape index (κ3) is 5.65. The highest BCUT2D eigenvalue weighted by Crippen LogP contribution is 2.30. The highest BCUT2D eigenvalue weighted by atomic mass is 35.5. The summed E-state index contributed by atoms with van der Waals surface area (Å²) in [6, 6.07) is 14.0. The molecule has 31 heavy (non-hydrogen) atoms. The molecule has 0 radical (unpaired) electrons. The highest BCUT2D eigenvalue weighted by molar-refractivity contribution is 6.33. The summed E-state index contributed by atoms with van der Waals surface area (Å²) in [5.74, 6) is -0.756. The molecular weight excluding hydrogens is 446 g/mol. The second-order valence-corrected chi connectivity index (χ2v) is 7.08. The van der Waals surface area contributed by atoms with Gasteiger partial charge in [0.2, 0.25) is 0 Å². The van der Waals surface area contributed by atoms with Gasteiger partial charge >= 0.3 is 5.97 Å². The summed E-state index contributed by atoms with van der Waals surface area (Å²) in [6.45, 7) is -0.0799. The van der Waals surface area contributed by atoms with Crippen LogP contribution in [0.3, 0.4) is 0 Å². The number of halogens is 3. The minimum atomic E-state index is -1.13. The van der Waals surface area contributed by atoms with Crippen LogP contribution in [0.15, 0.2) is 59.7 Å². The van der Waals surface area contributed by atoms with Gasteiger partial charge in [0.05, 0.1) is 34.6 Å². The van der Waals surface area contributed by atoms with Gasteiger partial charge in [-0.2, -0.15) is 5.10 Å². The fourth-order valence-electron chi connectivity index (χ4n) is 2.65. The minimum absolute atomic E-state index is 0.0335. The molecule has 0 aliphatic rings. The summed E-state index contributed by atoms with van der Waals surface area (Å²) >= 11 is 11.9. The lowest BCUT2D eigenvalue weighted by atomic mass is 10.2. The summed E-state index contributed by atoms with van der Waals surface area (Å²) in [4.78, 5) is 11.2. The number of nitrogens with one attached hydrogen (secondary N) is 1. The Bertz CT molecular complexity index is 1120. The van der Waals surface area contributed by atoms with Crippen molar-refractivity contribution in [3.8, 4) is 11.5 Å². The zero-order chi connectivity index (χ0) is 22.4. The van der Waals surface area contributed by atoms with Crippen molar-refractivity contribution in [1.29, 1.82) is 0 Å². The van der Waals surface area contributed by atoms with E-state index in [9.17, 15) is 9.18 Å². The van der Waals surface area contributed by atoms with Gasteiger partial charge < -0.3 is 14.6 Å². The van der Waals surface area contributed by atoms with E-state index in [4.69, 9.17) is 37.8 Å². The lowest BCUT2D eigenvalue weighted by molar-refractivity contribution is 0.0697. The molecule has 160 valence electrons. The van der Waals surface area contributed by atoms with Crippen molar-refractivity contribution in [2.24, 2.45) is 5.10 Å². The standard InChI is InChI=1S/C22H17Cl2FN2O4/c1-30-20-8-5-13(9-21(20)31-12-16-17(23)3-2-4-19(16)25)11-26-27-14-6-7-18(24)15(10-14)22(28)29/h2-11,27H,12H2,1H3,(H,28,29)/b26-11+. The summed E-state index contributed by atoms with van der Waals surface area (Å²) in [5, 5.41) is 13.6. The Morgan fingerprint density at radius 1 is 1.13 bits per heavy atom. The van der Waals surface area contributed by atoms with Crippen molar-refractivity contribution in [3.05, 3.63) is 87.2 Å². The van der Waals surface area contributed by atoms with Gasteiger partial charge in [0.15, 0.2) is 11.5 Å². The molecule has 0 bridgehead atoms. The second kappa shape index (κ2) is 10.1. The van der Waals surface area contributed by atoms with Crippen molar-refractivity contribution >= 4 is 41.1 Å². The first-order valence-corrected chi connectivity index (χ1v) is 9.70. The molecule has 3 aromatic rings. The highest BCUT2D eigenvalue weighted by Gasteiger charge is 2.11. The topological polar surface area (TPSA) is 80.2 Å². The molecular formula is C22H17Cl2FN2O4. The maximum Gasteiger partial charge on any atom is 0.337 e. The van der Waals surface area contributed by atoms with Gasteiger partial charge in [0, 0.05) is 5.56 Å². The third-order valence-corrected chi connectivity index (χ3v) is 4.91. The summed E-state index contributed by atoms with van der Waals surface area (Å²) < 4.78 is 25.0. The Morgan fingerprint density at radius 2 is 1.94 bits per heavy atom. The zero-order valence-electron chi connectivity index (χ0n) is 16.2. The molecule has 9 heteroatoms. The quantitative estimate of drug-likeness (QED) is 0.323. The van der Waals surface area contributed by atoms with Crippen molar-refractivity contribution in [2.45, 2.75) is 6.61 Å². The molecule has 3 aromatic carbocycles. The molecule has 0 spiro atoms. The number of carbonyl (C=O) groups is 1. The summed E-state index contributed by atoms with van der Waals surface area (Å²) in [6.07, 6.45) is 1.51. The van der Waals surface area contributed by atoms with E-state index < -0.39 is 11.8 Å². The van der Waals surface area contributed by atoms with Crippen LogP contribution in [0.4, 0.5) is 10.1 Å².